The summed E-state index contributed by atoms with van der Waals surface area (Å²) in [4.78, 5) is 0. The summed E-state index contributed by atoms with van der Waals surface area (Å²) < 4.78 is 13.5. The van der Waals surface area contributed by atoms with Gasteiger partial charge in [0.05, 0.1) is 0 Å². The minimum absolute atomic E-state index is 0.126. The Morgan fingerprint density at radius 2 is 2.17 bits per heavy atom. The van der Waals surface area contributed by atoms with Crippen molar-refractivity contribution in [2.24, 2.45) is 0 Å². The Balaban J connectivity index is 1.87. The zero-order valence-corrected chi connectivity index (χ0v) is 11.6. The van der Waals surface area contributed by atoms with E-state index in [-0.39, 0.29) is 11.9 Å². The van der Waals surface area contributed by atoms with Crippen molar-refractivity contribution in [1.82, 2.24) is 5.32 Å². The number of hydrogen-bond donors (Lipinski definition) is 1. The highest BCUT2D eigenvalue weighted by molar-refractivity contribution is 7.07. The number of thiophene rings is 1. The first-order valence-electron chi connectivity index (χ1n) is 6.17. The maximum Gasteiger partial charge on any atom is 0.126 e. The third-order valence-corrected chi connectivity index (χ3v) is 3.87. The molecule has 0 bridgehead atoms. The first-order valence-corrected chi connectivity index (χ1v) is 7.11. The van der Waals surface area contributed by atoms with Gasteiger partial charge < -0.3 is 5.32 Å². The van der Waals surface area contributed by atoms with Crippen LogP contribution in [0.2, 0.25) is 0 Å². The van der Waals surface area contributed by atoms with E-state index in [0.717, 1.165) is 18.5 Å². The smallest absolute Gasteiger partial charge is 0.126 e. The van der Waals surface area contributed by atoms with Crippen LogP contribution in [0.3, 0.4) is 0 Å². The number of nitrogens with one attached hydrogen (secondary N) is 1. The number of benzene rings is 1. The molecule has 18 heavy (non-hydrogen) atoms. The van der Waals surface area contributed by atoms with Crippen molar-refractivity contribution in [1.29, 1.82) is 0 Å². The second-order valence-electron chi connectivity index (χ2n) is 4.57. The van der Waals surface area contributed by atoms with E-state index in [4.69, 9.17) is 0 Å². The Kier molecular flexibility index (Phi) is 4.50. The van der Waals surface area contributed by atoms with E-state index < -0.39 is 0 Å². The molecule has 0 fully saturated rings. The summed E-state index contributed by atoms with van der Waals surface area (Å²) in [5.41, 5.74) is 3.06. The van der Waals surface area contributed by atoms with Crippen LogP contribution in [0, 0.1) is 12.7 Å². The highest BCUT2D eigenvalue weighted by atomic mass is 32.1. The van der Waals surface area contributed by atoms with Crippen molar-refractivity contribution in [2.45, 2.75) is 26.3 Å². The summed E-state index contributed by atoms with van der Waals surface area (Å²) >= 11 is 1.72. The van der Waals surface area contributed by atoms with Crippen LogP contribution in [0.25, 0.3) is 0 Å². The molecule has 0 aliphatic heterocycles. The molecule has 1 aromatic carbocycles. The van der Waals surface area contributed by atoms with Crippen LogP contribution in [0.1, 0.15) is 29.7 Å². The monoisotopic (exact) mass is 263 g/mol. The van der Waals surface area contributed by atoms with E-state index in [1.165, 1.54) is 5.56 Å². The van der Waals surface area contributed by atoms with Crippen LogP contribution in [-0.2, 0) is 6.42 Å². The van der Waals surface area contributed by atoms with Crippen molar-refractivity contribution in [3.05, 3.63) is 57.5 Å². The molecule has 1 nitrogen and oxygen atoms in total. The standard InChI is InChI=1S/C15H18FNS/c1-11-3-4-14(9-15(11)16)12(2)17-7-5-13-6-8-18-10-13/h3-4,6,8-10,12,17H,5,7H2,1-2H3. The molecule has 96 valence electrons. The zero-order chi connectivity index (χ0) is 13.0. The van der Waals surface area contributed by atoms with Gasteiger partial charge in [0.25, 0.3) is 0 Å². The van der Waals surface area contributed by atoms with Crippen molar-refractivity contribution in [3.8, 4) is 0 Å². The number of aryl methyl sites for hydroxylation is 1. The Labute approximate surface area is 112 Å². The van der Waals surface area contributed by atoms with Gasteiger partial charge in [-0.3, -0.25) is 0 Å². The molecule has 0 amide bonds. The lowest BCUT2D eigenvalue weighted by atomic mass is 10.1. The van der Waals surface area contributed by atoms with Gasteiger partial charge in [-0.2, -0.15) is 11.3 Å². The van der Waals surface area contributed by atoms with Gasteiger partial charge in [0, 0.05) is 6.04 Å². The summed E-state index contributed by atoms with van der Waals surface area (Å²) in [7, 11) is 0. The molecule has 3 heteroatoms. The summed E-state index contributed by atoms with van der Waals surface area (Å²) in [5, 5.41) is 7.68. The molecule has 0 radical (unpaired) electrons. The molecule has 1 unspecified atom stereocenters. The lowest BCUT2D eigenvalue weighted by Crippen LogP contribution is -2.21. The molecule has 1 atom stereocenters. The van der Waals surface area contributed by atoms with Crippen LogP contribution < -0.4 is 5.32 Å². The Morgan fingerprint density at radius 1 is 1.33 bits per heavy atom. The van der Waals surface area contributed by atoms with Gasteiger partial charge in [0.1, 0.15) is 5.82 Å². The zero-order valence-electron chi connectivity index (χ0n) is 10.7. The summed E-state index contributed by atoms with van der Waals surface area (Å²) in [5.74, 6) is -0.126. The molecular formula is C15H18FNS. The number of hydrogen-bond acceptors (Lipinski definition) is 2. The van der Waals surface area contributed by atoms with Crippen LogP contribution >= 0.6 is 11.3 Å². The number of rotatable bonds is 5. The molecule has 0 aliphatic carbocycles. The second-order valence-corrected chi connectivity index (χ2v) is 5.35. The fraction of sp³-hybridized carbons (Fsp3) is 0.333. The Morgan fingerprint density at radius 3 is 2.83 bits per heavy atom. The maximum absolute atomic E-state index is 13.5. The van der Waals surface area contributed by atoms with Crippen LogP contribution in [0.5, 0.6) is 0 Å². The predicted octanol–water partition coefficient (Wildman–Crippen LogP) is 4.09. The van der Waals surface area contributed by atoms with Crippen LogP contribution in [0.4, 0.5) is 4.39 Å². The van der Waals surface area contributed by atoms with Gasteiger partial charge in [-0.05, 0) is 66.4 Å². The molecule has 0 spiro atoms. The van der Waals surface area contributed by atoms with Crippen LogP contribution in [0.15, 0.2) is 35.0 Å². The molecule has 1 heterocycles. The van der Waals surface area contributed by atoms with Crippen molar-refractivity contribution in [3.63, 3.8) is 0 Å². The van der Waals surface area contributed by atoms with E-state index in [2.05, 4.69) is 29.1 Å². The van der Waals surface area contributed by atoms with Gasteiger partial charge in [0.15, 0.2) is 0 Å². The minimum atomic E-state index is -0.126. The van der Waals surface area contributed by atoms with Crippen molar-refractivity contribution >= 4 is 11.3 Å². The normalized spacial score (nSPS) is 12.6. The van der Waals surface area contributed by atoms with E-state index >= 15 is 0 Å². The molecule has 2 aromatic rings. The molecule has 1 N–H and O–H groups in total. The van der Waals surface area contributed by atoms with Crippen molar-refractivity contribution < 1.29 is 4.39 Å². The summed E-state index contributed by atoms with van der Waals surface area (Å²) in [6.45, 7) is 4.76. The fourth-order valence-electron chi connectivity index (χ4n) is 1.86. The third kappa shape index (κ3) is 3.40. The topological polar surface area (TPSA) is 12.0 Å². The molecule has 0 saturated heterocycles. The van der Waals surface area contributed by atoms with E-state index in [9.17, 15) is 4.39 Å². The average molecular weight is 263 g/mol. The lowest BCUT2D eigenvalue weighted by Gasteiger charge is -2.14. The van der Waals surface area contributed by atoms with Gasteiger partial charge >= 0.3 is 0 Å². The quantitative estimate of drug-likeness (QED) is 0.856. The Hall–Kier alpha value is -1.19. The largest absolute Gasteiger partial charge is 0.310 e. The first kappa shape index (κ1) is 13.2. The SMILES string of the molecule is Cc1ccc(C(C)NCCc2ccsc2)cc1F. The Bertz CT molecular complexity index is 493. The molecule has 0 aliphatic rings. The fourth-order valence-corrected chi connectivity index (χ4v) is 2.57. The highest BCUT2D eigenvalue weighted by Crippen LogP contribution is 2.16. The van der Waals surface area contributed by atoms with E-state index in [0.29, 0.717) is 5.56 Å². The summed E-state index contributed by atoms with van der Waals surface area (Å²) in [6.07, 6.45) is 1.02. The molecule has 1 aromatic heterocycles. The minimum Gasteiger partial charge on any atom is -0.310 e. The molecular weight excluding hydrogens is 245 g/mol. The lowest BCUT2D eigenvalue weighted by molar-refractivity contribution is 0.565. The average Bonchev–Trinajstić information content (AvgIpc) is 2.85. The van der Waals surface area contributed by atoms with Crippen LogP contribution in [-0.4, -0.2) is 6.54 Å². The van der Waals surface area contributed by atoms with Gasteiger partial charge in [-0.1, -0.05) is 12.1 Å². The van der Waals surface area contributed by atoms with Gasteiger partial charge in [-0.15, -0.1) is 0 Å². The first-order chi connectivity index (χ1) is 8.66. The van der Waals surface area contributed by atoms with E-state index in [1.54, 1.807) is 24.3 Å². The highest BCUT2D eigenvalue weighted by Gasteiger charge is 2.07. The third-order valence-electron chi connectivity index (χ3n) is 3.14. The second kappa shape index (κ2) is 6.12. The number of halogens is 1. The van der Waals surface area contributed by atoms with Gasteiger partial charge in [-0.25, -0.2) is 4.39 Å². The van der Waals surface area contributed by atoms with Gasteiger partial charge in [0.2, 0.25) is 0 Å². The van der Waals surface area contributed by atoms with Crippen molar-refractivity contribution in [2.75, 3.05) is 6.54 Å². The molecule has 0 saturated carbocycles. The summed E-state index contributed by atoms with van der Waals surface area (Å²) in [6, 6.07) is 7.77. The van der Waals surface area contributed by atoms with E-state index in [1.807, 2.05) is 12.1 Å². The maximum atomic E-state index is 13.5. The molecule has 2 rings (SSSR count). The predicted molar refractivity (Wildman–Crippen MR) is 75.6 cm³/mol.